The number of aromatic nitrogens is 7. The van der Waals surface area contributed by atoms with Crippen LogP contribution >= 0.6 is 11.3 Å². The van der Waals surface area contributed by atoms with Crippen LogP contribution in [-0.4, -0.2) is 54.4 Å². The third kappa shape index (κ3) is 4.76. The van der Waals surface area contributed by atoms with Crippen LogP contribution in [0.2, 0.25) is 0 Å². The first-order chi connectivity index (χ1) is 19.9. The number of nitrogens with zero attached hydrogens (tertiary/aromatic N) is 7. The van der Waals surface area contributed by atoms with Crippen molar-refractivity contribution in [2.45, 2.75) is 13.0 Å². The number of fused-ring (bicyclic) bond motifs is 2. The number of nitrogen functional groups attached to an aromatic ring is 1. The van der Waals surface area contributed by atoms with Gasteiger partial charge in [0.2, 0.25) is 0 Å². The summed E-state index contributed by atoms with van der Waals surface area (Å²) in [5, 5.41) is 5.73. The van der Waals surface area contributed by atoms with Gasteiger partial charge in [-0.05, 0) is 36.8 Å². The summed E-state index contributed by atoms with van der Waals surface area (Å²) in [5.74, 6) is -0.950. The molecule has 0 radical (unpaired) electrons. The van der Waals surface area contributed by atoms with E-state index in [9.17, 15) is 13.6 Å². The molecule has 0 aliphatic carbocycles. The number of anilines is 1. The van der Waals surface area contributed by atoms with Gasteiger partial charge in [-0.25, -0.2) is 33.4 Å². The minimum Gasteiger partial charge on any atom is -0.468 e. The van der Waals surface area contributed by atoms with Gasteiger partial charge in [0.25, 0.3) is 10.8 Å². The second-order valence-electron chi connectivity index (χ2n) is 9.02. The molecule has 0 bridgehead atoms. The molecule has 5 heterocycles. The molecule has 1 atom stereocenters. The van der Waals surface area contributed by atoms with Crippen molar-refractivity contribution >= 4 is 33.8 Å². The number of benzene rings is 1. The monoisotopic (exact) mass is 576 g/mol. The van der Waals surface area contributed by atoms with Crippen LogP contribution in [0.15, 0.2) is 59.9 Å². The lowest BCUT2D eigenvalue weighted by Crippen LogP contribution is -2.23. The number of methoxy groups -OCH3 is 1. The molecule has 11 nitrogen and oxygen atoms in total. The Labute approximate surface area is 234 Å². The van der Waals surface area contributed by atoms with Crippen molar-refractivity contribution in [1.82, 2.24) is 34.1 Å². The van der Waals surface area contributed by atoms with Crippen LogP contribution in [0.3, 0.4) is 0 Å². The third-order valence-corrected chi connectivity index (χ3v) is 7.36. The predicted octanol–water partition coefficient (Wildman–Crippen LogP) is 4.12. The summed E-state index contributed by atoms with van der Waals surface area (Å²) < 4.78 is 41.7. The van der Waals surface area contributed by atoms with Gasteiger partial charge in [-0.3, -0.25) is 9.20 Å². The topological polar surface area (TPSA) is 135 Å². The molecule has 5 aromatic heterocycles. The van der Waals surface area contributed by atoms with Crippen LogP contribution in [-0.2, 0) is 4.74 Å². The van der Waals surface area contributed by atoms with Crippen LogP contribution < -0.4 is 16.0 Å². The van der Waals surface area contributed by atoms with Crippen LogP contribution in [0.25, 0.3) is 38.4 Å². The van der Waals surface area contributed by atoms with Gasteiger partial charge in [0.05, 0.1) is 40.4 Å². The molecule has 0 spiro atoms. The van der Waals surface area contributed by atoms with E-state index < -0.39 is 23.2 Å². The summed E-state index contributed by atoms with van der Waals surface area (Å²) in [5.41, 5.74) is 7.46. The number of ether oxygens (including phenoxy) is 2. The highest BCUT2D eigenvalue weighted by Gasteiger charge is 2.27. The van der Waals surface area contributed by atoms with E-state index in [0.717, 1.165) is 10.6 Å². The molecule has 0 fully saturated rings. The molecule has 0 saturated heterocycles. The van der Waals surface area contributed by atoms with Crippen LogP contribution in [0, 0.1) is 11.6 Å². The number of nitrogens with two attached hydrogens (primary N) is 1. The van der Waals surface area contributed by atoms with Crippen LogP contribution in [0.5, 0.6) is 5.19 Å². The minimum absolute atomic E-state index is 0.0962. The summed E-state index contributed by atoms with van der Waals surface area (Å²) in [6.07, 6.45) is 3.98. The Bertz CT molecular complexity index is 1970. The molecule has 6 rings (SSSR count). The lowest BCUT2D eigenvalue weighted by atomic mass is 10.0. The Morgan fingerprint density at radius 2 is 1.95 bits per heavy atom. The Morgan fingerprint density at radius 3 is 2.76 bits per heavy atom. The maximum absolute atomic E-state index is 14.3. The third-order valence-electron chi connectivity index (χ3n) is 6.44. The number of hydrogen-bond acceptors (Lipinski definition) is 10. The van der Waals surface area contributed by atoms with Gasteiger partial charge in [-0.2, -0.15) is 5.10 Å². The van der Waals surface area contributed by atoms with Crippen LogP contribution in [0.1, 0.15) is 18.7 Å². The summed E-state index contributed by atoms with van der Waals surface area (Å²) in [6, 6.07) is 7.50. The van der Waals surface area contributed by atoms with Gasteiger partial charge < -0.3 is 15.2 Å². The number of pyridine rings is 1. The summed E-state index contributed by atoms with van der Waals surface area (Å²) in [6.45, 7) is 2.52. The number of rotatable bonds is 8. The maximum Gasteiger partial charge on any atom is 0.273 e. The van der Waals surface area contributed by atoms with E-state index in [4.69, 9.17) is 25.3 Å². The van der Waals surface area contributed by atoms with Gasteiger partial charge in [-0.15, -0.1) is 0 Å². The van der Waals surface area contributed by atoms with E-state index in [1.54, 1.807) is 31.0 Å². The molecule has 0 aliphatic heterocycles. The molecule has 6 aromatic rings. The molecule has 1 aromatic carbocycles. The van der Waals surface area contributed by atoms with Crippen molar-refractivity contribution in [3.63, 3.8) is 0 Å². The lowest BCUT2D eigenvalue weighted by molar-refractivity contribution is 0.146. The Kier molecular flexibility index (Phi) is 6.85. The van der Waals surface area contributed by atoms with E-state index in [1.165, 1.54) is 48.0 Å². The first-order valence-electron chi connectivity index (χ1n) is 12.4. The second-order valence-corrected chi connectivity index (χ2v) is 10.0. The first-order valence-corrected chi connectivity index (χ1v) is 13.2. The predicted molar refractivity (Wildman–Crippen MR) is 149 cm³/mol. The average molecular weight is 577 g/mol. The zero-order valence-electron chi connectivity index (χ0n) is 21.8. The highest BCUT2D eigenvalue weighted by molar-refractivity contribution is 7.16. The fraction of sp³-hybridized carbons (Fsp3) is 0.185. The SMILES string of the molecule is COCCOc1ncc(-c2nn([C@@H](C)c3nc4ccc(F)cn4c(=O)c3-c3cccc(F)c3)c3ncnc(N)c23)s1. The van der Waals surface area contributed by atoms with Crippen molar-refractivity contribution in [2.75, 3.05) is 26.1 Å². The molecular formula is C27H22F2N8O3S. The molecule has 2 N–H and O–H groups in total. The summed E-state index contributed by atoms with van der Waals surface area (Å²) in [7, 11) is 1.58. The Morgan fingerprint density at radius 1 is 1.10 bits per heavy atom. The normalized spacial score (nSPS) is 12.3. The highest BCUT2D eigenvalue weighted by atomic mass is 32.1. The van der Waals surface area contributed by atoms with Gasteiger partial charge in [0.1, 0.15) is 41.7 Å². The molecule has 0 amide bonds. The molecule has 0 aliphatic rings. The minimum atomic E-state index is -0.702. The van der Waals surface area contributed by atoms with E-state index in [1.807, 2.05) is 0 Å². The number of halogens is 2. The van der Waals surface area contributed by atoms with Gasteiger partial charge in [0.15, 0.2) is 5.65 Å². The van der Waals surface area contributed by atoms with E-state index in [0.29, 0.717) is 40.0 Å². The van der Waals surface area contributed by atoms with E-state index in [2.05, 4.69) is 15.0 Å². The number of hydrogen-bond donors (Lipinski definition) is 1. The Hall–Kier alpha value is -4.82. The van der Waals surface area contributed by atoms with Crippen LogP contribution in [0.4, 0.5) is 14.6 Å². The fourth-order valence-corrected chi connectivity index (χ4v) is 5.33. The number of thiazole rings is 1. The molecule has 208 valence electrons. The molecule has 0 unspecified atom stereocenters. The Balaban J connectivity index is 1.55. The largest absolute Gasteiger partial charge is 0.468 e. The summed E-state index contributed by atoms with van der Waals surface area (Å²) in [4.78, 5) is 32.0. The average Bonchev–Trinajstić information content (AvgIpc) is 3.59. The van der Waals surface area contributed by atoms with Gasteiger partial charge in [-0.1, -0.05) is 23.5 Å². The molecular weight excluding hydrogens is 554 g/mol. The second kappa shape index (κ2) is 10.6. The lowest BCUT2D eigenvalue weighted by Gasteiger charge is -2.18. The highest BCUT2D eigenvalue weighted by Crippen LogP contribution is 2.38. The van der Waals surface area contributed by atoms with Crippen molar-refractivity contribution < 1.29 is 18.3 Å². The molecule has 41 heavy (non-hydrogen) atoms. The van der Waals surface area contributed by atoms with Gasteiger partial charge in [0, 0.05) is 13.3 Å². The van der Waals surface area contributed by atoms with Gasteiger partial charge >= 0.3 is 0 Å². The molecule has 0 saturated carbocycles. The first kappa shape index (κ1) is 26.4. The smallest absolute Gasteiger partial charge is 0.273 e. The maximum atomic E-state index is 14.3. The molecule has 14 heteroatoms. The zero-order valence-corrected chi connectivity index (χ0v) is 22.6. The summed E-state index contributed by atoms with van der Waals surface area (Å²) >= 11 is 1.27. The quantitative estimate of drug-likeness (QED) is 0.266. The van der Waals surface area contributed by atoms with Crippen molar-refractivity contribution in [3.05, 3.63) is 82.8 Å². The fourth-order valence-electron chi connectivity index (χ4n) is 4.55. The van der Waals surface area contributed by atoms with Crippen molar-refractivity contribution in [3.8, 4) is 26.9 Å². The van der Waals surface area contributed by atoms with Crippen molar-refractivity contribution in [1.29, 1.82) is 0 Å². The van der Waals surface area contributed by atoms with E-state index in [-0.39, 0.29) is 28.3 Å². The zero-order chi connectivity index (χ0) is 28.7. The van der Waals surface area contributed by atoms with E-state index >= 15 is 0 Å². The standard InChI is InChI=1S/C27H22F2N8O3S/c1-14(22-20(15-4-3-5-16(28)10-15)26(38)36-12-17(29)6-7-19(36)34-22)37-25-21(24(30)32-13-33-25)23(35-37)18-11-31-27(41-18)40-9-8-39-2/h3-7,10-14H,8-9H2,1-2H3,(H2,30,32,33)/t14-/m0/s1. The van der Waals surface area contributed by atoms with Crippen molar-refractivity contribution in [2.24, 2.45) is 0 Å².